The first-order valence-corrected chi connectivity index (χ1v) is 6.35. The number of benzene rings is 1. The van der Waals surface area contributed by atoms with Crippen LogP contribution >= 0.6 is 0 Å². The lowest BCUT2D eigenvalue weighted by molar-refractivity contribution is -0.687. The Balaban J connectivity index is 0.00000242. The minimum absolute atomic E-state index is 0. The van der Waals surface area contributed by atoms with E-state index in [1.165, 1.54) is 7.11 Å². The number of pyridine rings is 1. The highest BCUT2D eigenvalue weighted by Crippen LogP contribution is 2.26. The summed E-state index contributed by atoms with van der Waals surface area (Å²) in [5.74, 6) is -0.425. The van der Waals surface area contributed by atoms with E-state index in [1.54, 1.807) is 35.0 Å². The van der Waals surface area contributed by atoms with E-state index in [4.69, 9.17) is 9.84 Å². The van der Waals surface area contributed by atoms with Crippen molar-refractivity contribution in [3.05, 3.63) is 53.9 Å². The number of hydrogen-bond donors (Lipinski definition) is 2. The van der Waals surface area contributed by atoms with Gasteiger partial charge in [0.2, 0.25) is 12.2 Å². The summed E-state index contributed by atoms with van der Waals surface area (Å²) >= 11 is 0. The van der Waals surface area contributed by atoms with Crippen molar-refractivity contribution in [3.8, 4) is 11.5 Å². The Morgan fingerprint density at radius 1 is 1.27 bits per heavy atom. The summed E-state index contributed by atoms with van der Waals surface area (Å²) in [5.41, 5.74) is 1.61. The molecule has 0 saturated heterocycles. The van der Waals surface area contributed by atoms with Crippen LogP contribution in [-0.4, -0.2) is 23.3 Å². The van der Waals surface area contributed by atoms with Crippen LogP contribution in [0.1, 0.15) is 11.3 Å². The molecule has 1 aromatic carbocycles. The summed E-state index contributed by atoms with van der Waals surface area (Å²) in [4.78, 5) is 10.8. The first kappa shape index (κ1) is 17.5. The van der Waals surface area contributed by atoms with E-state index in [-0.39, 0.29) is 24.7 Å². The molecule has 116 valence electrons. The molecular weight excluding hydrogens is 306 g/mol. The van der Waals surface area contributed by atoms with Gasteiger partial charge in [0.1, 0.15) is 0 Å². The third kappa shape index (κ3) is 4.49. The number of phenolic OH excluding ortho intramolecular Hbond substituents is 1. The van der Waals surface area contributed by atoms with Crippen molar-refractivity contribution in [2.45, 2.75) is 6.54 Å². The Labute approximate surface area is 134 Å². The summed E-state index contributed by atoms with van der Waals surface area (Å²) in [6.07, 6.45) is 5.36. The molecule has 1 aromatic heterocycles. The number of carbonyl (C=O) groups is 1. The molecule has 0 aliphatic rings. The van der Waals surface area contributed by atoms with Gasteiger partial charge in [-0.25, -0.2) is 4.79 Å². The van der Waals surface area contributed by atoms with Crippen molar-refractivity contribution in [1.82, 2.24) is 0 Å². The molecule has 6 heteroatoms. The molecule has 2 aromatic rings. The third-order valence-corrected chi connectivity index (χ3v) is 2.93. The standard InChI is InChI=1S/C16H15NO4.ClH/c1-21-15-10-12(6-8-14(15)18)5-7-13-4-2-3-9-17(13)11-16(19)20;/h2-10H,11H2,1H3,(H,19,20);1H. The first-order chi connectivity index (χ1) is 10.1. The van der Waals surface area contributed by atoms with Crippen LogP contribution in [0, 0.1) is 0 Å². The van der Waals surface area contributed by atoms with Gasteiger partial charge in [0.25, 0.3) is 0 Å². The second-order valence-electron chi connectivity index (χ2n) is 4.41. The predicted octanol–water partition coefficient (Wildman–Crippen LogP) is -1.05. The molecular formula is C16H16ClNO4. The Bertz CT molecular complexity index is 686. The van der Waals surface area contributed by atoms with Crippen LogP contribution < -0.4 is 21.7 Å². The highest BCUT2D eigenvalue weighted by molar-refractivity contribution is 5.69. The number of nitrogens with zero attached hydrogens (tertiary/aromatic N) is 1. The van der Waals surface area contributed by atoms with Gasteiger partial charge in [0, 0.05) is 18.2 Å². The van der Waals surface area contributed by atoms with E-state index in [9.17, 15) is 9.90 Å². The number of aromatic hydroxyl groups is 1. The Morgan fingerprint density at radius 3 is 2.73 bits per heavy atom. The fourth-order valence-electron chi connectivity index (χ4n) is 1.91. The maximum atomic E-state index is 10.8. The molecule has 0 fully saturated rings. The minimum atomic E-state index is -0.896. The largest absolute Gasteiger partial charge is 1.00 e. The van der Waals surface area contributed by atoms with Gasteiger partial charge in [0.15, 0.2) is 17.7 Å². The first-order valence-electron chi connectivity index (χ1n) is 6.35. The lowest BCUT2D eigenvalue weighted by Crippen LogP contribution is -3.00. The number of aromatic nitrogens is 1. The van der Waals surface area contributed by atoms with Gasteiger partial charge in [-0.05, 0) is 29.8 Å². The number of hydrogen-bond acceptors (Lipinski definition) is 3. The van der Waals surface area contributed by atoms with Crippen LogP contribution in [0.5, 0.6) is 11.5 Å². The third-order valence-electron chi connectivity index (χ3n) is 2.93. The Morgan fingerprint density at radius 2 is 2.05 bits per heavy atom. The number of carboxylic acids is 1. The molecule has 22 heavy (non-hydrogen) atoms. The molecule has 0 spiro atoms. The molecule has 0 unspecified atom stereocenters. The minimum Gasteiger partial charge on any atom is -1.00 e. The van der Waals surface area contributed by atoms with E-state index >= 15 is 0 Å². The zero-order chi connectivity index (χ0) is 15.2. The van der Waals surface area contributed by atoms with Crippen LogP contribution in [0.2, 0.25) is 0 Å². The van der Waals surface area contributed by atoms with Crippen molar-refractivity contribution in [1.29, 1.82) is 0 Å². The normalized spacial score (nSPS) is 10.2. The molecule has 0 radical (unpaired) electrons. The van der Waals surface area contributed by atoms with Gasteiger partial charge in [0.05, 0.1) is 7.11 Å². The second-order valence-corrected chi connectivity index (χ2v) is 4.41. The highest BCUT2D eigenvalue weighted by atomic mass is 35.5. The zero-order valence-electron chi connectivity index (χ0n) is 11.9. The van der Waals surface area contributed by atoms with Gasteiger partial charge in [-0.3, -0.25) is 0 Å². The number of halogens is 1. The van der Waals surface area contributed by atoms with Gasteiger partial charge < -0.3 is 27.4 Å². The van der Waals surface area contributed by atoms with Gasteiger partial charge >= 0.3 is 5.97 Å². The molecule has 0 aliphatic heterocycles. The molecule has 1 heterocycles. The smallest absolute Gasteiger partial charge is 0.370 e. The number of carboxylic acid groups (broad SMARTS) is 1. The van der Waals surface area contributed by atoms with Crippen molar-refractivity contribution in [3.63, 3.8) is 0 Å². The van der Waals surface area contributed by atoms with Crippen LogP contribution in [0.15, 0.2) is 42.6 Å². The maximum absolute atomic E-state index is 10.8. The quantitative estimate of drug-likeness (QED) is 0.689. The second kappa shape index (κ2) is 8.05. The van der Waals surface area contributed by atoms with E-state index < -0.39 is 5.97 Å². The summed E-state index contributed by atoms with van der Waals surface area (Å²) in [6.45, 7) is -0.0978. The van der Waals surface area contributed by atoms with Crippen LogP contribution in [0.4, 0.5) is 0 Å². The lowest BCUT2D eigenvalue weighted by atomic mass is 10.1. The summed E-state index contributed by atoms with van der Waals surface area (Å²) < 4.78 is 6.68. The summed E-state index contributed by atoms with van der Waals surface area (Å²) in [6, 6.07) is 10.5. The van der Waals surface area contributed by atoms with Crippen molar-refractivity contribution in [2.75, 3.05) is 7.11 Å². The van der Waals surface area contributed by atoms with E-state index in [0.717, 1.165) is 11.3 Å². The lowest BCUT2D eigenvalue weighted by Gasteiger charge is -2.03. The fourth-order valence-corrected chi connectivity index (χ4v) is 1.91. The van der Waals surface area contributed by atoms with Crippen LogP contribution in [0.3, 0.4) is 0 Å². The predicted molar refractivity (Wildman–Crippen MR) is 77.9 cm³/mol. The molecule has 0 atom stereocenters. The molecule has 0 amide bonds. The zero-order valence-corrected chi connectivity index (χ0v) is 12.7. The highest BCUT2D eigenvalue weighted by Gasteiger charge is 2.10. The average molecular weight is 322 g/mol. The average Bonchev–Trinajstić information content (AvgIpc) is 2.47. The fraction of sp³-hybridized carbons (Fsp3) is 0.125. The van der Waals surface area contributed by atoms with E-state index in [0.29, 0.717) is 5.75 Å². The van der Waals surface area contributed by atoms with Gasteiger partial charge in [-0.2, -0.15) is 4.57 Å². The number of aliphatic carboxylic acids is 1. The number of rotatable bonds is 5. The number of phenols is 1. The van der Waals surface area contributed by atoms with Crippen molar-refractivity contribution < 1.29 is 36.7 Å². The van der Waals surface area contributed by atoms with E-state index in [1.807, 2.05) is 24.3 Å². The summed E-state index contributed by atoms with van der Waals surface area (Å²) in [5, 5.41) is 18.4. The summed E-state index contributed by atoms with van der Waals surface area (Å²) in [7, 11) is 1.49. The topological polar surface area (TPSA) is 70.6 Å². The number of methoxy groups -OCH3 is 1. The Kier molecular flexibility index (Phi) is 6.41. The monoisotopic (exact) mass is 321 g/mol. The molecule has 0 bridgehead atoms. The Hall–Kier alpha value is -2.53. The molecule has 2 N–H and O–H groups in total. The van der Waals surface area contributed by atoms with Gasteiger partial charge in [-0.15, -0.1) is 0 Å². The SMILES string of the molecule is COc1cc(/C=C/c2cccc[n+]2CC(=O)O)ccc1O.[Cl-]. The van der Waals surface area contributed by atoms with Crippen LogP contribution in [-0.2, 0) is 11.3 Å². The van der Waals surface area contributed by atoms with E-state index in [2.05, 4.69) is 0 Å². The van der Waals surface area contributed by atoms with Crippen molar-refractivity contribution >= 4 is 18.1 Å². The number of ether oxygens (including phenoxy) is 1. The maximum Gasteiger partial charge on any atom is 0.370 e. The molecule has 5 nitrogen and oxygen atoms in total. The van der Waals surface area contributed by atoms with Crippen LogP contribution in [0.25, 0.3) is 12.2 Å². The molecule has 0 aliphatic carbocycles. The molecule has 2 rings (SSSR count). The van der Waals surface area contributed by atoms with Crippen molar-refractivity contribution in [2.24, 2.45) is 0 Å². The molecule has 0 saturated carbocycles. The van der Waals surface area contributed by atoms with Gasteiger partial charge in [-0.1, -0.05) is 6.07 Å².